The molecule has 0 saturated carbocycles. The van der Waals surface area contributed by atoms with Crippen molar-refractivity contribution in [2.45, 2.75) is 32.8 Å². The lowest BCUT2D eigenvalue weighted by molar-refractivity contribution is -0.127. The Morgan fingerprint density at radius 3 is 2.44 bits per heavy atom. The maximum absolute atomic E-state index is 13.1. The van der Waals surface area contributed by atoms with Gasteiger partial charge >= 0.3 is 0 Å². The van der Waals surface area contributed by atoms with Gasteiger partial charge in [0.1, 0.15) is 13.2 Å². The van der Waals surface area contributed by atoms with Crippen LogP contribution in [-0.4, -0.2) is 35.6 Å². The fourth-order valence-corrected chi connectivity index (χ4v) is 5.17. The van der Waals surface area contributed by atoms with Gasteiger partial charge in [0.2, 0.25) is 5.91 Å². The molecule has 0 aliphatic carbocycles. The van der Waals surface area contributed by atoms with Crippen LogP contribution in [0.2, 0.25) is 5.02 Å². The normalized spacial score (nSPS) is 14.1. The minimum absolute atomic E-state index is 0.213. The molecule has 0 spiro atoms. The Hall–Kier alpha value is -4.01. The van der Waals surface area contributed by atoms with E-state index in [1.54, 1.807) is 42.5 Å². The highest BCUT2D eigenvalue weighted by molar-refractivity contribution is 8.18. The molecule has 9 heteroatoms. The van der Waals surface area contributed by atoms with Gasteiger partial charge in [0.05, 0.1) is 12.0 Å². The number of nitrogens with zero attached hydrogens (tertiary/aromatic N) is 1. The van der Waals surface area contributed by atoms with E-state index in [4.69, 9.17) is 21.1 Å². The molecule has 3 aromatic rings. The largest absolute Gasteiger partial charge is 0.493 e. The maximum atomic E-state index is 13.1. The van der Waals surface area contributed by atoms with Crippen LogP contribution >= 0.6 is 23.4 Å². The number of rotatable bonds is 11. The Morgan fingerprint density at radius 2 is 1.80 bits per heavy atom. The standard InChI is InChI=1S/C32H31ClN2O5S/c1-5-6-24-15-22(16-27(39-4)30(24)40-19-21-7-11-25(33)12-8-21)17-28-31(37)35(32(38)41-28)18-29(36)34-26-13-9-23(10-14-26)20(2)3/h5,7-17,20H,1,6,18-19H2,2-4H3,(H,34,36)/b28-17-. The molecule has 41 heavy (non-hydrogen) atoms. The van der Waals surface area contributed by atoms with Gasteiger partial charge in [-0.25, -0.2) is 0 Å². The molecule has 0 atom stereocenters. The van der Waals surface area contributed by atoms with Crippen molar-refractivity contribution in [1.29, 1.82) is 0 Å². The van der Waals surface area contributed by atoms with Gasteiger partial charge < -0.3 is 14.8 Å². The minimum atomic E-state index is -0.530. The first-order chi connectivity index (χ1) is 19.7. The molecule has 0 unspecified atom stereocenters. The number of hydrogen-bond acceptors (Lipinski definition) is 6. The number of anilines is 1. The second-order valence-electron chi connectivity index (χ2n) is 9.71. The number of amides is 3. The summed E-state index contributed by atoms with van der Waals surface area (Å²) in [7, 11) is 1.54. The van der Waals surface area contributed by atoms with Crippen LogP contribution in [0.1, 0.15) is 42.0 Å². The molecule has 3 aromatic carbocycles. The quantitative estimate of drug-likeness (QED) is 0.184. The smallest absolute Gasteiger partial charge is 0.294 e. The zero-order valence-electron chi connectivity index (χ0n) is 23.1. The molecule has 1 aliphatic heterocycles. The fourth-order valence-electron chi connectivity index (χ4n) is 4.21. The van der Waals surface area contributed by atoms with Gasteiger partial charge in [0.25, 0.3) is 11.1 Å². The van der Waals surface area contributed by atoms with E-state index in [-0.39, 0.29) is 11.4 Å². The van der Waals surface area contributed by atoms with Crippen LogP contribution in [0.15, 0.2) is 78.2 Å². The van der Waals surface area contributed by atoms with E-state index < -0.39 is 17.1 Å². The second-order valence-corrected chi connectivity index (χ2v) is 11.1. The molecule has 1 heterocycles. The third-order valence-electron chi connectivity index (χ3n) is 6.37. The van der Waals surface area contributed by atoms with Crippen LogP contribution in [-0.2, 0) is 22.6 Å². The summed E-state index contributed by atoms with van der Waals surface area (Å²) < 4.78 is 11.7. The summed E-state index contributed by atoms with van der Waals surface area (Å²) in [6.07, 6.45) is 3.86. The van der Waals surface area contributed by atoms with Crippen LogP contribution < -0.4 is 14.8 Å². The highest BCUT2D eigenvalue weighted by Gasteiger charge is 2.36. The summed E-state index contributed by atoms with van der Waals surface area (Å²) in [5.74, 6) is 0.422. The predicted molar refractivity (Wildman–Crippen MR) is 165 cm³/mol. The number of allylic oxidation sites excluding steroid dienone is 1. The van der Waals surface area contributed by atoms with Crippen molar-refractivity contribution in [3.05, 3.63) is 106 Å². The topological polar surface area (TPSA) is 84.9 Å². The first-order valence-electron chi connectivity index (χ1n) is 13.0. The zero-order valence-corrected chi connectivity index (χ0v) is 24.7. The highest BCUT2D eigenvalue weighted by Crippen LogP contribution is 2.37. The Labute approximate surface area is 249 Å². The van der Waals surface area contributed by atoms with Gasteiger partial charge in [-0.2, -0.15) is 0 Å². The summed E-state index contributed by atoms with van der Waals surface area (Å²) in [5.41, 5.74) is 4.14. The zero-order chi connectivity index (χ0) is 29.5. The summed E-state index contributed by atoms with van der Waals surface area (Å²) in [5, 5.41) is 2.89. The minimum Gasteiger partial charge on any atom is -0.493 e. The third kappa shape index (κ3) is 7.60. The van der Waals surface area contributed by atoms with E-state index >= 15 is 0 Å². The number of carbonyl (C=O) groups is 3. The summed E-state index contributed by atoms with van der Waals surface area (Å²) in [6.45, 7) is 7.94. The number of hydrogen-bond donors (Lipinski definition) is 1. The third-order valence-corrected chi connectivity index (χ3v) is 7.53. The van der Waals surface area contributed by atoms with E-state index in [1.807, 2.05) is 30.3 Å². The van der Waals surface area contributed by atoms with Crippen molar-refractivity contribution in [1.82, 2.24) is 4.90 Å². The van der Waals surface area contributed by atoms with Crippen LogP contribution in [0.5, 0.6) is 11.5 Å². The molecule has 4 rings (SSSR count). The molecule has 0 bridgehead atoms. The number of imide groups is 1. The number of thioether (sulfide) groups is 1. The van der Waals surface area contributed by atoms with Crippen LogP contribution in [0.3, 0.4) is 0 Å². The molecule has 1 saturated heterocycles. The van der Waals surface area contributed by atoms with Crippen molar-refractivity contribution in [2.24, 2.45) is 0 Å². The maximum Gasteiger partial charge on any atom is 0.294 e. The Balaban J connectivity index is 1.49. The number of nitrogens with one attached hydrogen (secondary N) is 1. The molecular weight excluding hydrogens is 560 g/mol. The Bertz CT molecular complexity index is 1480. The van der Waals surface area contributed by atoms with Crippen molar-refractivity contribution < 1.29 is 23.9 Å². The van der Waals surface area contributed by atoms with E-state index in [1.165, 1.54) is 7.11 Å². The van der Waals surface area contributed by atoms with Gasteiger partial charge in [0.15, 0.2) is 11.5 Å². The summed E-state index contributed by atoms with van der Waals surface area (Å²) in [4.78, 5) is 39.5. The number of benzene rings is 3. The van der Waals surface area contributed by atoms with E-state index in [0.717, 1.165) is 33.4 Å². The van der Waals surface area contributed by atoms with Crippen LogP contribution in [0.25, 0.3) is 6.08 Å². The predicted octanol–water partition coefficient (Wildman–Crippen LogP) is 7.45. The Morgan fingerprint density at radius 1 is 1.10 bits per heavy atom. The lowest BCUT2D eigenvalue weighted by Gasteiger charge is -2.16. The second kappa shape index (κ2) is 13.6. The monoisotopic (exact) mass is 590 g/mol. The van der Waals surface area contributed by atoms with E-state index in [0.29, 0.717) is 46.7 Å². The van der Waals surface area contributed by atoms with Gasteiger partial charge in [-0.1, -0.05) is 55.8 Å². The lowest BCUT2D eigenvalue weighted by Crippen LogP contribution is -2.36. The average Bonchev–Trinajstić information content (AvgIpc) is 3.20. The fraction of sp³-hybridized carbons (Fsp3) is 0.219. The van der Waals surface area contributed by atoms with Gasteiger partial charge in [-0.3, -0.25) is 19.3 Å². The van der Waals surface area contributed by atoms with E-state index in [2.05, 4.69) is 25.7 Å². The molecule has 7 nitrogen and oxygen atoms in total. The molecule has 1 N–H and O–H groups in total. The molecule has 0 radical (unpaired) electrons. The molecule has 1 fully saturated rings. The molecule has 1 aliphatic rings. The highest BCUT2D eigenvalue weighted by atomic mass is 35.5. The number of carbonyl (C=O) groups excluding carboxylic acids is 3. The van der Waals surface area contributed by atoms with Crippen molar-refractivity contribution >= 4 is 52.2 Å². The van der Waals surface area contributed by atoms with Crippen molar-refractivity contribution in [2.75, 3.05) is 19.0 Å². The van der Waals surface area contributed by atoms with Gasteiger partial charge in [-0.05, 0) is 83.3 Å². The number of ether oxygens (including phenoxy) is 2. The molecule has 3 amide bonds. The SMILES string of the molecule is C=CCc1cc(/C=C2\SC(=O)N(CC(=O)Nc3ccc(C(C)C)cc3)C2=O)cc(OC)c1OCc1ccc(Cl)cc1. The van der Waals surface area contributed by atoms with Gasteiger partial charge in [-0.15, -0.1) is 6.58 Å². The van der Waals surface area contributed by atoms with Crippen molar-refractivity contribution in [3.63, 3.8) is 0 Å². The first-order valence-corrected chi connectivity index (χ1v) is 14.2. The van der Waals surface area contributed by atoms with Gasteiger partial charge in [0, 0.05) is 16.3 Å². The molecule has 212 valence electrons. The molecule has 0 aromatic heterocycles. The Kier molecular flexibility index (Phi) is 9.91. The summed E-state index contributed by atoms with van der Waals surface area (Å²) in [6, 6.07) is 18.4. The lowest BCUT2D eigenvalue weighted by atomic mass is 10.0. The van der Waals surface area contributed by atoms with Crippen molar-refractivity contribution in [3.8, 4) is 11.5 Å². The molecular formula is C32H31ClN2O5S. The average molecular weight is 591 g/mol. The number of halogens is 1. The number of methoxy groups -OCH3 is 1. The first kappa shape index (κ1) is 30.0. The van der Waals surface area contributed by atoms with Crippen LogP contribution in [0.4, 0.5) is 10.5 Å². The van der Waals surface area contributed by atoms with E-state index in [9.17, 15) is 14.4 Å². The van der Waals surface area contributed by atoms with Crippen LogP contribution in [0, 0.1) is 0 Å². The summed E-state index contributed by atoms with van der Waals surface area (Å²) >= 11 is 6.77.